The Balaban J connectivity index is 2.33. The maximum absolute atomic E-state index is 11.7. The molecule has 1 atom stereocenters. The fourth-order valence-electron chi connectivity index (χ4n) is 2.42. The Morgan fingerprint density at radius 3 is 2.43 bits per heavy atom. The van der Waals surface area contributed by atoms with Crippen molar-refractivity contribution in [2.45, 2.75) is 51.6 Å². The van der Waals surface area contributed by atoms with Crippen molar-refractivity contribution < 1.29 is 29.0 Å². The van der Waals surface area contributed by atoms with Gasteiger partial charge in [-0.1, -0.05) is 25.8 Å². The van der Waals surface area contributed by atoms with E-state index in [0.717, 1.165) is 25.7 Å². The van der Waals surface area contributed by atoms with Crippen LogP contribution >= 0.6 is 0 Å². The molecule has 1 saturated carbocycles. The van der Waals surface area contributed by atoms with Crippen LogP contribution in [0.1, 0.15) is 45.4 Å². The van der Waals surface area contributed by atoms with E-state index in [4.69, 9.17) is 9.84 Å². The van der Waals surface area contributed by atoms with E-state index in [2.05, 4.69) is 11.3 Å². The lowest BCUT2D eigenvalue weighted by atomic mass is 9.86. The third kappa shape index (κ3) is 6.42. The third-order valence-electron chi connectivity index (χ3n) is 3.60. The second kappa shape index (κ2) is 8.44. The minimum Gasteiger partial charge on any atom is -0.479 e. The maximum atomic E-state index is 11.7. The quantitative estimate of drug-likeness (QED) is 0.571. The number of hydrogen-bond donors (Lipinski definition) is 1. The Morgan fingerprint density at radius 1 is 1.24 bits per heavy atom. The number of carboxylic acids is 1. The van der Waals surface area contributed by atoms with Crippen molar-refractivity contribution in [2.24, 2.45) is 5.92 Å². The molecule has 0 aromatic heterocycles. The van der Waals surface area contributed by atoms with Crippen LogP contribution < -0.4 is 0 Å². The van der Waals surface area contributed by atoms with Crippen LogP contribution in [-0.2, 0) is 23.9 Å². The summed E-state index contributed by atoms with van der Waals surface area (Å²) < 4.78 is 9.75. The van der Waals surface area contributed by atoms with Crippen molar-refractivity contribution in [3.63, 3.8) is 0 Å². The number of ether oxygens (including phenoxy) is 2. The predicted molar refractivity (Wildman–Crippen MR) is 74.5 cm³/mol. The molecule has 0 aliphatic heterocycles. The van der Waals surface area contributed by atoms with E-state index in [-0.39, 0.29) is 18.1 Å². The van der Waals surface area contributed by atoms with E-state index < -0.39 is 24.5 Å². The average Bonchev–Trinajstić information content (AvgIpc) is 2.45. The minimum atomic E-state index is -1.26. The average molecular weight is 298 g/mol. The molecular weight excluding hydrogens is 276 g/mol. The van der Waals surface area contributed by atoms with Gasteiger partial charge in [-0.25, -0.2) is 9.59 Å². The Kier molecular flexibility index (Phi) is 6.91. The zero-order chi connectivity index (χ0) is 15.8. The third-order valence-corrected chi connectivity index (χ3v) is 3.60. The summed E-state index contributed by atoms with van der Waals surface area (Å²) in [6.45, 7) is 4.54. The molecule has 21 heavy (non-hydrogen) atoms. The monoisotopic (exact) mass is 298 g/mol. The van der Waals surface area contributed by atoms with Gasteiger partial charge in [0.15, 0.2) is 6.61 Å². The predicted octanol–water partition coefficient (Wildman–Crippen LogP) is 2.07. The molecular formula is C15H22O6. The van der Waals surface area contributed by atoms with Crippen LogP contribution in [0.25, 0.3) is 0 Å². The minimum absolute atomic E-state index is 0.0999. The summed E-state index contributed by atoms with van der Waals surface area (Å²) in [5.74, 6) is -2.32. The number of carboxylic acid groups (broad SMARTS) is 1. The van der Waals surface area contributed by atoms with Crippen LogP contribution in [0.3, 0.4) is 0 Å². The first kappa shape index (κ1) is 17.2. The van der Waals surface area contributed by atoms with Crippen LogP contribution in [0.5, 0.6) is 0 Å². The highest BCUT2D eigenvalue weighted by Crippen LogP contribution is 2.28. The van der Waals surface area contributed by atoms with Crippen LogP contribution in [0.4, 0.5) is 0 Å². The molecule has 0 saturated heterocycles. The summed E-state index contributed by atoms with van der Waals surface area (Å²) in [4.78, 5) is 33.4. The highest BCUT2D eigenvalue weighted by molar-refractivity contribution is 5.94. The van der Waals surface area contributed by atoms with Crippen molar-refractivity contribution in [2.75, 3.05) is 6.61 Å². The largest absolute Gasteiger partial charge is 0.479 e. The number of carbonyl (C=O) groups excluding carboxylic acids is 2. The molecule has 6 heteroatoms. The summed E-state index contributed by atoms with van der Waals surface area (Å²) in [5.41, 5.74) is -0.0999. The molecule has 6 nitrogen and oxygen atoms in total. The fraction of sp³-hybridized carbons (Fsp3) is 0.667. The molecule has 0 amide bonds. The number of hydrogen-bond acceptors (Lipinski definition) is 5. The first-order valence-electron chi connectivity index (χ1n) is 7.16. The van der Waals surface area contributed by atoms with Crippen LogP contribution in [-0.4, -0.2) is 35.7 Å². The standard InChI is InChI=1S/C15H22O6/c1-10(15(19)20-9-13(16)17)8-14(18)21-11(2)12-6-4-3-5-7-12/h11-12H,1,3-9H2,2H3,(H,16,17)/t11-/m1/s1. The van der Waals surface area contributed by atoms with E-state index in [1.54, 1.807) is 0 Å². The van der Waals surface area contributed by atoms with Gasteiger partial charge in [-0.05, 0) is 25.7 Å². The van der Waals surface area contributed by atoms with Gasteiger partial charge in [-0.15, -0.1) is 0 Å². The molecule has 0 heterocycles. The molecule has 0 aromatic rings. The van der Waals surface area contributed by atoms with Crippen molar-refractivity contribution in [1.29, 1.82) is 0 Å². The van der Waals surface area contributed by atoms with Gasteiger partial charge >= 0.3 is 17.9 Å². The molecule has 1 fully saturated rings. The summed E-state index contributed by atoms with van der Waals surface area (Å²) in [5, 5.41) is 8.39. The molecule has 1 aliphatic rings. The van der Waals surface area contributed by atoms with Gasteiger partial charge in [0.25, 0.3) is 0 Å². The Morgan fingerprint density at radius 2 is 1.86 bits per heavy atom. The van der Waals surface area contributed by atoms with Gasteiger partial charge in [0, 0.05) is 5.57 Å². The maximum Gasteiger partial charge on any atom is 0.341 e. The van der Waals surface area contributed by atoms with Gasteiger partial charge in [0.2, 0.25) is 0 Å². The van der Waals surface area contributed by atoms with E-state index in [1.807, 2.05) is 6.92 Å². The smallest absolute Gasteiger partial charge is 0.341 e. The van der Waals surface area contributed by atoms with E-state index in [1.165, 1.54) is 6.42 Å². The highest BCUT2D eigenvalue weighted by Gasteiger charge is 2.24. The first-order chi connectivity index (χ1) is 9.90. The highest BCUT2D eigenvalue weighted by atomic mass is 16.6. The van der Waals surface area contributed by atoms with Crippen LogP contribution in [0.15, 0.2) is 12.2 Å². The zero-order valence-electron chi connectivity index (χ0n) is 12.3. The second-order valence-electron chi connectivity index (χ2n) is 5.34. The molecule has 1 N–H and O–H groups in total. The Hall–Kier alpha value is -1.85. The Labute approximate surface area is 124 Å². The van der Waals surface area contributed by atoms with Crippen molar-refractivity contribution >= 4 is 17.9 Å². The summed E-state index contributed by atoms with van der Waals surface area (Å²) >= 11 is 0. The SMILES string of the molecule is C=C(CC(=O)O[C@H](C)C1CCCCC1)C(=O)OCC(=O)O. The van der Waals surface area contributed by atoms with Gasteiger partial charge in [0.1, 0.15) is 6.10 Å². The van der Waals surface area contributed by atoms with E-state index >= 15 is 0 Å². The summed E-state index contributed by atoms with van der Waals surface area (Å²) in [6.07, 6.45) is 5.17. The van der Waals surface area contributed by atoms with Crippen molar-refractivity contribution in [3.05, 3.63) is 12.2 Å². The topological polar surface area (TPSA) is 89.9 Å². The van der Waals surface area contributed by atoms with E-state index in [9.17, 15) is 14.4 Å². The first-order valence-corrected chi connectivity index (χ1v) is 7.16. The lowest BCUT2D eigenvalue weighted by molar-refractivity contribution is -0.154. The van der Waals surface area contributed by atoms with Gasteiger partial charge in [-0.3, -0.25) is 4.79 Å². The summed E-state index contributed by atoms with van der Waals surface area (Å²) in [7, 11) is 0. The molecule has 0 bridgehead atoms. The normalized spacial score (nSPS) is 16.8. The fourth-order valence-corrected chi connectivity index (χ4v) is 2.42. The number of rotatable bonds is 7. The summed E-state index contributed by atoms with van der Waals surface area (Å²) in [6, 6.07) is 0. The van der Waals surface area contributed by atoms with Crippen molar-refractivity contribution in [3.8, 4) is 0 Å². The zero-order valence-corrected chi connectivity index (χ0v) is 12.3. The molecule has 0 unspecified atom stereocenters. The molecule has 1 rings (SSSR count). The van der Waals surface area contributed by atoms with E-state index in [0.29, 0.717) is 5.92 Å². The molecule has 118 valence electrons. The van der Waals surface area contributed by atoms with Crippen LogP contribution in [0, 0.1) is 5.92 Å². The van der Waals surface area contributed by atoms with Gasteiger partial charge in [-0.2, -0.15) is 0 Å². The van der Waals surface area contributed by atoms with Gasteiger partial charge < -0.3 is 14.6 Å². The lowest BCUT2D eigenvalue weighted by Crippen LogP contribution is -2.26. The molecule has 1 aliphatic carbocycles. The molecule has 0 spiro atoms. The van der Waals surface area contributed by atoms with Crippen LogP contribution in [0.2, 0.25) is 0 Å². The lowest BCUT2D eigenvalue weighted by Gasteiger charge is -2.27. The number of esters is 2. The molecule has 0 aromatic carbocycles. The molecule has 0 radical (unpaired) electrons. The van der Waals surface area contributed by atoms with Gasteiger partial charge in [0.05, 0.1) is 6.42 Å². The second-order valence-corrected chi connectivity index (χ2v) is 5.34. The van der Waals surface area contributed by atoms with Crippen molar-refractivity contribution in [1.82, 2.24) is 0 Å². The number of aliphatic carboxylic acids is 1. The number of carbonyl (C=O) groups is 3. The Bertz CT molecular complexity index is 408.